The van der Waals surface area contributed by atoms with Gasteiger partial charge in [0.25, 0.3) is 0 Å². The SMILES string of the molecule is COc1cc2c(c(NC(=O)OCc3ccc(SSCCC(=O)O)c(CCOCC(C)=O)c3)c1OC)C(=O)/C(=C/c1cc(C)c(O)c(C)c1)C2. The van der Waals surface area contributed by atoms with Crippen LogP contribution in [-0.4, -0.2) is 67.0 Å². The van der Waals surface area contributed by atoms with Crippen LogP contribution >= 0.6 is 21.6 Å². The maximum atomic E-state index is 13.8. The number of aromatic hydroxyl groups is 1. The number of methoxy groups -OCH3 is 2. The molecule has 3 aromatic carbocycles. The van der Waals surface area contributed by atoms with Crippen molar-refractivity contribution >= 4 is 57.0 Å². The van der Waals surface area contributed by atoms with Crippen molar-refractivity contribution in [3.05, 3.63) is 80.9 Å². The number of hydrogen-bond donors (Lipinski definition) is 3. The number of nitrogens with one attached hydrogen (secondary N) is 1. The third-order valence-electron chi connectivity index (χ3n) is 7.60. The van der Waals surface area contributed by atoms with Gasteiger partial charge in [-0.05, 0) is 90.9 Å². The molecule has 1 aliphatic rings. The summed E-state index contributed by atoms with van der Waals surface area (Å²) in [6, 6.07) is 10.9. The number of anilines is 1. The Morgan fingerprint density at radius 1 is 1.04 bits per heavy atom. The number of ether oxygens (including phenoxy) is 4. The highest BCUT2D eigenvalue weighted by Gasteiger charge is 2.33. The van der Waals surface area contributed by atoms with Crippen LogP contribution < -0.4 is 14.8 Å². The van der Waals surface area contributed by atoms with Crippen LogP contribution in [0.4, 0.5) is 10.5 Å². The van der Waals surface area contributed by atoms with E-state index in [1.807, 2.05) is 18.2 Å². The molecule has 0 fully saturated rings. The molecule has 0 spiro atoms. The normalized spacial score (nSPS) is 12.9. The van der Waals surface area contributed by atoms with Crippen molar-refractivity contribution in [2.24, 2.45) is 0 Å². The summed E-state index contributed by atoms with van der Waals surface area (Å²) in [4.78, 5) is 50.1. The number of hydrogen-bond acceptors (Lipinski definition) is 11. The Bertz CT molecular complexity index is 1760. The fourth-order valence-electron chi connectivity index (χ4n) is 5.32. The van der Waals surface area contributed by atoms with E-state index >= 15 is 0 Å². The number of phenolic OH excluding ortho intramolecular Hbond substituents is 1. The van der Waals surface area contributed by atoms with Gasteiger partial charge in [-0.15, -0.1) is 0 Å². The van der Waals surface area contributed by atoms with Crippen molar-refractivity contribution in [2.75, 3.05) is 38.5 Å². The van der Waals surface area contributed by atoms with Crippen LogP contribution in [0, 0.1) is 13.8 Å². The molecule has 0 atom stereocenters. The molecule has 0 bridgehead atoms. The predicted molar refractivity (Wildman–Crippen MR) is 189 cm³/mol. The number of aliphatic carboxylic acids is 1. The minimum Gasteiger partial charge on any atom is -0.507 e. The highest BCUT2D eigenvalue weighted by Crippen LogP contribution is 2.45. The zero-order valence-corrected chi connectivity index (χ0v) is 29.6. The fraction of sp³-hybridized carbons (Fsp3) is 0.333. The molecule has 3 aromatic rings. The molecule has 0 saturated carbocycles. The number of carboxylic acid groups (broad SMARTS) is 1. The lowest BCUT2D eigenvalue weighted by atomic mass is 10.0. The van der Waals surface area contributed by atoms with E-state index in [2.05, 4.69) is 5.32 Å². The van der Waals surface area contributed by atoms with Crippen molar-refractivity contribution in [1.29, 1.82) is 0 Å². The smallest absolute Gasteiger partial charge is 0.412 e. The summed E-state index contributed by atoms with van der Waals surface area (Å²) in [6.45, 7) is 5.26. The first-order valence-corrected chi connectivity index (χ1v) is 17.7. The molecule has 13 heteroatoms. The van der Waals surface area contributed by atoms with Crippen molar-refractivity contribution < 1.29 is 48.3 Å². The first-order chi connectivity index (χ1) is 23.4. The second kappa shape index (κ2) is 17.3. The number of allylic oxidation sites excluding steroid dienone is 1. The van der Waals surface area contributed by atoms with Crippen molar-refractivity contribution in [2.45, 2.75) is 51.5 Å². The number of fused-ring (bicyclic) bond motifs is 1. The molecule has 4 rings (SSSR count). The molecule has 3 N–H and O–H groups in total. The number of aryl methyl sites for hydroxylation is 2. The van der Waals surface area contributed by atoms with Gasteiger partial charge in [0.1, 0.15) is 24.7 Å². The van der Waals surface area contributed by atoms with Gasteiger partial charge in [0, 0.05) is 22.6 Å². The van der Waals surface area contributed by atoms with Gasteiger partial charge in [-0.25, -0.2) is 4.79 Å². The third kappa shape index (κ3) is 9.80. The number of ketones is 2. The number of rotatable bonds is 16. The summed E-state index contributed by atoms with van der Waals surface area (Å²) >= 11 is 0. The van der Waals surface area contributed by atoms with Gasteiger partial charge >= 0.3 is 12.1 Å². The number of benzene rings is 3. The molecule has 0 aromatic heterocycles. The van der Waals surface area contributed by atoms with Crippen LogP contribution in [0.15, 0.2) is 46.9 Å². The van der Waals surface area contributed by atoms with Crippen molar-refractivity contribution in [3.8, 4) is 17.2 Å². The van der Waals surface area contributed by atoms with Crippen LogP contribution in [-0.2, 0) is 38.5 Å². The van der Waals surface area contributed by atoms with E-state index in [1.165, 1.54) is 42.7 Å². The quantitative estimate of drug-likeness (QED) is 0.0799. The topological polar surface area (TPSA) is 158 Å². The minimum absolute atomic E-state index is 0.00614. The molecule has 0 unspecified atom stereocenters. The molecule has 260 valence electrons. The first kappa shape index (κ1) is 37.4. The van der Waals surface area contributed by atoms with E-state index in [-0.39, 0.29) is 54.0 Å². The van der Waals surface area contributed by atoms with Gasteiger partial charge in [0.15, 0.2) is 23.1 Å². The van der Waals surface area contributed by atoms with Crippen LogP contribution in [0.1, 0.15) is 57.1 Å². The van der Waals surface area contributed by atoms with Crippen LogP contribution in [0.25, 0.3) is 6.08 Å². The fourth-order valence-corrected chi connectivity index (χ4v) is 7.55. The molecular formula is C36H39NO10S2. The summed E-state index contributed by atoms with van der Waals surface area (Å²) in [6.07, 6.45) is 1.80. The van der Waals surface area contributed by atoms with Crippen molar-refractivity contribution in [3.63, 3.8) is 0 Å². The molecule has 0 radical (unpaired) electrons. The maximum Gasteiger partial charge on any atom is 0.412 e. The number of phenols is 1. The van der Waals surface area contributed by atoms with Gasteiger partial charge in [0.05, 0.1) is 32.8 Å². The number of amides is 1. The van der Waals surface area contributed by atoms with Gasteiger partial charge in [0.2, 0.25) is 0 Å². The third-order valence-corrected chi connectivity index (χ3v) is 10.1. The lowest BCUT2D eigenvalue weighted by Crippen LogP contribution is -2.17. The zero-order chi connectivity index (χ0) is 35.7. The predicted octanol–water partition coefficient (Wildman–Crippen LogP) is 6.96. The van der Waals surface area contributed by atoms with E-state index < -0.39 is 12.1 Å². The number of carbonyl (C=O) groups excluding carboxylic acids is 3. The average Bonchev–Trinajstić information content (AvgIpc) is 3.37. The van der Waals surface area contributed by atoms with Crippen molar-refractivity contribution in [1.82, 2.24) is 0 Å². The second-order valence-corrected chi connectivity index (χ2v) is 13.9. The molecule has 1 aliphatic carbocycles. The second-order valence-electron chi connectivity index (χ2n) is 11.4. The van der Waals surface area contributed by atoms with E-state index in [9.17, 15) is 24.3 Å². The molecule has 1 amide bonds. The van der Waals surface area contributed by atoms with E-state index in [4.69, 9.17) is 24.1 Å². The Hall–Kier alpha value is -4.46. The highest BCUT2D eigenvalue weighted by atomic mass is 33.1. The first-order valence-electron chi connectivity index (χ1n) is 15.4. The number of Topliss-reactive ketones (excluding diaryl/α,β-unsaturated/α-hetero) is 2. The molecule has 0 aliphatic heterocycles. The summed E-state index contributed by atoms with van der Waals surface area (Å²) in [5, 5.41) is 21.8. The monoisotopic (exact) mass is 709 g/mol. The standard InChI is InChI=1S/C36H39NO10S2/c1-20-12-24(13-21(2)33(20)41)15-27-16-26-17-28(44-4)35(45-5)32(31(26)34(27)42)37-36(43)47-19-23-6-7-29(49-48-11-9-30(39)40)25(14-23)8-10-46-18-22(3)38/h6-7,12-15,17,41H,8-11,16,18-19H2,1-5H3,(H,37,43)(H,39,40)/b27-15+. The Morgan fingerprint density at radius 3 is 2.43 bits per heavy atom. The summed E-state index contributed by atoms with van der Waals surface area (Å²) in [7, 11) is 5.75. The Kier molecular flexibility index (Phi) is 13.2. The maximum absolute atomic E-state index is 13.8. The summed E-state index contributed by atoms with van der Waals surface area (Å²) in [5.41, 5.74) is 5.33. The lowest BCUT2D eigenvalue weighted by molar-refractivity contribution is -0.136. The van der Waals surface area contributed by atoms with Gasteiger partial charge < -0.3 is 29.2 Å². The van der Waals surface area contributed by atoms with E-state index in [0.29, 0.717) is 58.8 Å². The van der Waals surface area contributed by atoms with Gasteiger partial charge in [-0.1, -0.05) is 33.7 Å². The van der Waals surface area contributed by atoms with Crippen LogP contribution in [0.3, 0.4) is 0 Å². The molecule has 0 heterocycles. The Balaban J connectivity index is 1.53. The summed E-state index contributed by atoms with van der Waals surface area (Å²) < 4.78 is 22.2. The van der Waals surface area contributed by atoms with Gasteiger partial charge in [-0.3, -0.25) is 19.7 Å². The Morgan fingerprint density at radius 2 is 1.78 bits per heavy atom. The van der Waals surface area contributed by atoms with Gasteiger partial charge in [-0.2, -0.15) is 0 Å². The molecule has 11 nitrogen and oxygen atoms in total. The minimum atomic E-state index is -0.867. The Labute approximate surface area is 292 Å². The highest BCUT2D eigenvalue weighted by molar-refractivity contribution is 8.76. The van der Waals surface area contributed by atoms with E-state index in [0.717, 1.165) is 16.0 Å². The molecule has 0 saturated heterocycles. The number of carboxylic acids is 1. The van der Waals surface area contributed by atoms with E-state index in [1.54, 1.807) is 38.1 Å². The lowest BCUT2D eigenvalue weighted by Gasteiger charge is -2.17. The average molecular weight is 710 g/mol. The largest absolute Gasteiger partial charge is 0.507 e. The zero-order valence-electron chi connectivity index (χ0n) is 28.0. The number of carbonyl (C=O) groups is 4. The molecular weight excluding hydrogens is 671 g/mol. The van der Waals surface area contributed by atoms with Crippen LogP contribution in [0.5, 0.6) is 17.2 Å². The molecule has 49 heavy (non-hydrogen) atoms. The van der Waals surface area contributed by atoms with Crippen LogP contribution in [0.2, 0.25) is 0 Å². The summed E-state index contributed by atoms with van der Waals surface area (Å²) in [5.74, 6) is -0.0688.